The third-order valence-electron chi connectivity index (χ3n) is 4.81. The fourth-order valence-corrected chi connectivity index (χ4v) is 3.55. The minimum atomic E-state index is -0.254. The van der Waals surface area contributed by atoms with Crippen molar-refractivity contribution in [1.29, 1.82) is 0 Å². The van der Waals surface area contributed by atoms with Crippen LogP contribution in [0.1, 0.15) is 45.6 Å². The van der Waals surface area contributed by atoms with Gasteiger partial charge in [-0.2, -0.15) is 0 Å². The van der Waals surface area contributed by atoms with Crippen LogP contribution in [0, 0.1) is 5.41 Å². The molecule has 0 aromatic heterocycles. The molecule has 1 N–H and O–H groups in total. The highest BCUT2D eigenvalue weighted by molar-refractivity contribution is 6.29. The predicted octanol–water partition coefficient (Wildman–Crippen LogP) is 3.87. The summed E-state index contributed by atoms with van der Waals surface area (Å²) < 4.78 is 5.79. The van der Waals surface area contributed by atoms with Crippen molar-refractivity contribution in [2.24, 2.45) is 5.41 Å². The number of alkyl halides is 1. The van der Waals surface area contributed by atoms with Crippen molar-refractivity contribution in [3.63, 3.8) is 0 Å². The fraction of sp³-hybridized carbons (Fsp3) is 0.636. The fourth-order valence-electron chi connectivity index (χ4n) is 3.48. The van der Waals surface area contributed by atoms with E-state index >= 15 is 0 Å². The van der Waals surface area contributed by atoms with Gasteiger partial charge in [0, 0.05) is 51.6 Å². The normalized spacial score (nSPS) is 16.6. The second kappa shape index (κ2) is 10.3. The van der Waals surface area contributed by atoms with E-state index in [4.69, 9.17) is 16.3 Å². The summed E-state index contributed by atoms with van der Waals surface area (Å²) in [4.78, 5) is 28.7. The molecule has 0 spiro atoms. The molecule has 0 radical (unpaired) electrons. The standard InChI is InChI=1S/C22H34ClN3O3/c1-22(2,3)12-21(28)26(15-18-7-6-10-29-18)14-16-11-17(24-20(27)13-23)8-9-19(16)25(4)5/h8-9,11,18H,6-7,10,12-15H2,1-5H3,(H,24,27). The zero-order valence-corrected chi connectivity index (χ0v) is 19.0. The molecule has 1 aromatic rings. The van der Waals surface area contributed by atoms with Gasteiger partial charge in [-0.15, -0.1) is 11.6 Å². The average Bonchev–Trinajstić information content (AvgIpc) is 3.12. The highest BCUT2D eigenvalue weighted by Gasteiger charge is 2.26. The number of hydrogen-bond donors (Lipinski definition) is 1. The summed E-state index contributed by atoms with van der Waals surface area (Å²) in [6.45, 7) is 8.02. The van der Waals surface area contributed by atoms with Gasteiger partial charge in [0.05, 0.1) is 6.10 Å². The number of carbonyl (C=O) groups excluding carboxylic acids is 2. The lowest BCUT2D eigenvalue weighted by atomic mass is 9.91. The second-order valence-corrected chi connectivity index (χ2v) is 9.33. The highest BCUT2D eigenvalue weighted by atomic mass is 35.5. The van der Waals surface area contributed by atoms with E-state index in [9.17, 15) is 9.59 Å². The summed E-state index contributed by atoms with van der Waals surface area (Å²) in [7, 11) is 3.94. The molecule has 1 fully saturated rings. The minimum Gasteiger partial charge on any atom is -0.377 e. The number of nitrogens with zero attached hydrogens (tertiary/aromatic N) is 2. The molecule has 1 aliphatic heterocycles. The summed E-state index contributed by atoms with van der Waals surface area (Å²) >= 11 is 5.62. The molecule has 1 aromatic carbocycles. The zero-order valence-electron chi connectivity index (χ0n) is 18.3. The molecule has 1 heterocycles. The summed E-state index contributed by atoms with van der Waals surface area (Å²) in [5.41, 5.74) is 2.57. The molecule has 7 heteroatoms. The summed E-state index contributed by atoms with van der Waals surface area (Å²) in [6, 6.07) is 5.73. The molecular weight excluding hydrogens is 390 g/mol. The average molecular weight is 424 g/mol. The van der Waals surface area contributed by atoms with Crippen LogP contribution in [-0.2, 0) is 20.9 Å². The first-order valence-corrected chi connectivity index (χ1v) is 10.7. The maximum atomic E-state index is 13.1. The van der Waals surface area contributed by atoms with E-state index < -0.39 is 0 Å². The van der Waals surface area contributed by atoms with Gasteiger partial charge in [0.25, 0.3) is 0 Å². The van der Waals surface area contributed by atoms with Crippen LogP contribution in [0.3, 0.4) is 0 Å². The van der Waals surface area contributed by atoms with Gasteiger partial charge in [-0.25, -0.2) is 0 Å². The molecule has 29 heavy (non-hydrogen) atoms. The molecule has 1 unspecified atom stereocenters. The maximum absolute atomic E-state index is 13.1. The van der Waals surface area contributed by atoms with Crippen molar-refractivity contribution in [2.45, 2.75) is 52.7 Å². The maximum Gasteiger partial charge on any atom is 0.239 e. The molecule has 6 nitrogen and oxygen atoms in total. The molecule has 162 valence electrons. The molecule has 2 amide bonds. The van der Waals surface area contributed by atoms with Gasteiger partial charge in [0.2, 0.25) is 11.8 Å². The van der Waals surface area contributed by atoms with Crippen LogP contribution in [0.5, 0.6) is 0 Å². The molecular formula is C22H34ClN3O3. The Hall–Kier alpha value is -1.79. The molecule has 1 aliphatic rings. The van der Waals surface area contributed by atoms with Gasteiger partial charge in [-0.1, -0.05) is 20.8 Å². The number of benzene rings is 1. The molecule has 1 atom stereocenters. The predicted molar refractivity (Wildman–Crippen MR) is 119 cm³/mol. The Morgan fingerprint density at radius 1 is 1.28 bits per heavy atom. The highest BCUT2D eigenvalue weighted by Crippen LogP contribution is 2.27. The van der Waals surface area contributed by atoms with Crippen molar-refractivity contribution >= 4 is 34.8 Å². The number of amides is 2. The number of anilines is 2. The summed E-state index contributed by atoms with van der Waals surface area (Å²) in [5.74, 6) is -0.233. The minimum absolute atomic E-state index is 0.0841. The molecule has 0 saturated carbocycles. The third kappa shape index (κ3) is 7.52. The van der Waals surface area contributed by atoms with E-state index in [1.807, 2.05) is 42.1 Å². The largest absolute Gasteiger partial charge is 0.377 e. The number of carbonyl (C=O) groups is 2. The van der Waals surface area contributed by atoms with Crippen molar-refractivity contribution in [3.8, 4) is 0 Å². The van der Waals surface area contributed by atoms with Gasteiger partial charge >= 0.3 is 0 Å². The lowest BCUT2D eigenvalue weighted by Crippen LogP contribution is -2.38. The van der Waals surface area contributed by atoms with E-state index in [0.717, 1.165) is 30.7 Å². The van der Waals surface area contributed by atoms with Gasteiger partial charge in [-0.05, 0) is 42.0 Å². The van der Waals surface area contributed by atoms with E-state index in [-0.39, 0.29) is 29.2 Å². The van der Waals surface area contributed by atoms with Crippen LogP contribution in [0.2, 0.25) is 0 Å². The Kier molecular flexibility index (Phi) is 8.34. The van der Waals surface area contributed by atoms with Crippen LogP contribution in [-0.4, -0.2) is 55.9 Å². The van der Waals surface area contributed by atoms with Gasteiger partial charge in [-0.3, -0.25) is 9.59 Å². The number of rotatable bonds is 8. The number of ether oxygens (including phenoxy) is 1. The number of nitrogens with one attached hydrogen (secondary N) is 1. The van der Waals surface area contributed by atoms with E-state index in [1.54, 1.807) is 0 Å². The van der Waals surface area contributed by atoms with Crippen molar-refractivity contribution in [1.82, 2.24) is 4.90 Å². The Bertz CT molecular complexity index is 710. The monoisotopic (exact) mass is 423 g/mol. The Balaban J connectivity index is 2.29. The topological polar surface area (TPSA) is 61.9 Å². The summed E-state index contributed by atoms with van der Waals surface area (Å²) in [6.07, 6.45) is 2.57. The van der Waals surface area contributed by atoms with Crippen LogP contribution in [0.25, 0.3) is 0 Å². The van der Waals surface area contributed by atoms with Crippen LogP contribution in [0.15, 0.2) is 18.2 Å². The molecule has 1 saturated heterocycles. The van der Waals surface area contributed by atoms with E-state index in [2.05, 4.69) is 26.1 Å². The Labute approximate surface area is 179 Å². The number of halogens is 1. The number of hydrogen-bond acceptors (Lipinski definition) is 4. The zero-order chi connectivity index (χ0) is 21.6. The van der Waals surface area contributed by atoms with E-state index in [1.165, 1.54) is 0 Å². The molecule has 0 aliphatic carbocycles. The summed E-state index contributed by atoms with van der Waals surface area (Å²) in [5, 5.41) is 2.79. The van der Waals surface area contributed by atoms with Gasteiger partial charge in [0.1, 0.15) is 5.88 Å². The Morgan fingerprint density at radius 3 is 2.55 bits per heavy atom. The van der Waals surface area contributed by atoms with Crippen molar-refractivity contribution in [3.05, 3.63) is 23.8 Å². The first-order valence-electron chi connectivity index (χ1n) is 10.1. The van der Waals surface area contributed by atoms with Crippen LogP contribution >= 0.6 is 11.6 Å². The van der Waals surface area contributed by atoms with Gasteiger partial charge in [0.15, 0.2) is 0 Å². The van der Waals surface area contributed by atoms with Crippen molar-refractivity contribution in [2.75, 3.05) is 43.3 Å². The second-order valence-electron chi connectivity index (χ2n) is 9.07. The van der Waals surface area contributed by atoms with Crippen molar-refractivity contribution < 1.29 is 14.3 Å². The van der Waals surface area contributed by atoms with Gasteiger partial charge < -0.3 is 19.9 Å². The SMILES string of the molecule is CN(C)c1ccc(NC(=O)CCl)cc1CN(CC1CCCO1)C(=O)CC(C)(C)C. The molecule has 2 rings (SSSR count). The quantitative estimate of drug-likeness (QED) is 0.644. The van der Waals surface area contributed by atoms with Crippen LogP contribution in [0.4, 0.5) is 11.4 Å². The smallest absolute Gasteiger partial charge is 0.239 e. The first kappa shape index (κ1) is 23.5. The lowest BCUT2D eigenvalue weighted by Gasteiger charge is -2.30. The third-order valence-corrected chi connectivity index (χ3v) is 5.05. The van der Waals surface area contributed by atoms with Crippen LogP contribution < -0.4 is 10.2 Å². The first-order chi connectivity index (χ1) is 13.6. The molecule has 0 bridgehead atoms. The lowest BCUT2D eigenvalue weighted by molar-refractivity contribution is -0.135. The Morgan fingerprint density at radius 2 is 2.00 bits per heavy atom. The van der Waals surface area contributed by atoms with E-state index in [0.29, 0.717) is 25.2 Å².